The summed E-state index contributed by atoms with van der Waals surface area (Å²) in [5.74, 6) is -0.417. The Morgan fingerprint density at radius 3 is 2.26 bits per heavy atom. The van der Waals surface area contributed by atoms with Crippen molar-refractivity contribution in [2.45, 2.75) is 26.2 Å². The number of nitrogen functional groups attached to an aromatic ring is 1. The molecular formula is C17H19N3O3. The standard InChI is InChI=1S/C17H19N3O3/c1-17(2,3)12-6-4-11(5-7-12)16(21)19-14-10-13(18)8-9-15(14)20(22)23/h4-10H,18H2,1-3H3,(H,19,21). The maximum Gasteiger partial charge on any atom is 0.292 e. The van der Waals surface area contributed by atoms with Crippen LogP contribution in [0.2, 0.25) is 0 Å². The summed E-state index contributed by atoms with van der Waals surface area (Å²) in [6.07, 6.45) is 0. The van der Waals surface area contributed by atoms with E-state index in [1.54, 1.807) is 12.1 Å². The van der Waals surface area contributed by atoms with Crippen molar-refractivity contribution in [1.29, 1.82) is 0 Å². The molecule has 0 aromatic heterocycles. The Balaban J connectivity index is 2.26. The van der Waals surface area contributed by atoms with Gasteiger partial charge in [-0.1, -0.05) is 32.9 Å². The molecular weight excluding hydrogens is 294 g/mol. The fourth-order valence-electron chi connectivity index (χ4n) is 2.13. The molecule has 0 aliphatic carbocycles. The van der Waals surface area contributed by atoms with Crippen LogP contribution in [0.15, 0.2) is 42.5 Å². The van der Waals surface area contributed by atoms with E-state index in [-0.39, 0.29) is 16.8 Å². The minimum Gasteiger partial charge on any atom is -0.399 e. The molecule has 6 nitrogen and oxygen atoms in total. The molecule has 23 heavy (non-hydrogen) atoms. The molecule has 0 unspecified atom stereocenters. The van der Waals surface area contributed by atoms with Crippen LogP contribution in [0.3, 0.4) is 0 Å². The Labute approximate surface area is 134 Å². The summed E-state index contributed by atoms with van der Waals surface area (Å²) >= 11 is 0. The summed E-state index contributed by atoms with van der Waals surface area (Å²) in [7, 11) is 0. The molecule has 2 aromatic carbocycles. The number of benzene rings is 2. The largest absolute Gasteiger partial charge is 0.399 e. The minimum absolute atomic E-state index is 0.0122. The van der Waals surface area contributed by atoms with Crippen LogP contribution in [-0.2, 0) is 5.41 Å². The van der Waals surface area contributed by atoms with Crippen molar-refractivity contribution >= 4 is 23.0 Å². The maximum atomic E-state index is 12.3. The van der Waals surface area contributed by atoms with Crippen molar-refractivity contribution in [3.05, 3.63) is 63.7 Å². The summed E-state index contributed by atoms with van der Waals surface area (Å²) in [4.78, 5) is 22.7. The molecule has 0 spiro atoms. The van der Waals surface area contributed by atoms with E-state index >= 15 is 0 Å². The van der Waals surface area contributed by atoms with Gasteiger partial charge < -0.3 is 11.1 Å². The summed E-state index contributed by atoms with van der Waals surface area (Å²) in [5, 5.41) is 13.6. The van der Waals surface area contributed by atoms with Gasteiger partial charge in [0.25, 0.3) is 11.6 Å². The van der Waals surface area contributed by atoms with Crippen LogP contribution in [-0.4, -0.2) is 10.8 Å². The Morgan fingerprint density at radius 2 is 1.74 bits per heavy atom. The molecule has 0 radical (unpaired) electrons. The molecule has 3 N–H and O–H groups in total. The number of carbonyl (C=O) groups is 1. The number of nitrogens with two attached hydrogens (primary N) is 1. The number of hydrogen-bond acceptors (Lipinski definition) is 4. The highest BCUT2D eigenvalue weighted by Crippen LogP contribution is 2.27. The Hall–Kier alpha value is -2.89. The summed E-state index contributed by atoms with van der Waals surface area (Å²) in [5.41, 5.74) is 7.38. The summed E-state index contributed by atoms with van der Waals surface area (Å²) in [6, 6.07) is 11.2. The Morgan fingerprint density at radius 1 is 1.13 bits per heavy atom. The topological polar surface area (TPSA) is 98.3 Å². The third kappa shape index (κ3) is 3.85. The number of rotatable bonds is 3. The number of nitrogens with zero attached hydrogens (tertiary/aromatic N) is 1. The monoisotopic (exact) mass is 313 g/mol. The van der Waals surface area contributed by atoms with E-state index in [4.69, 9.17) is 5.73 Å². The van der Waals surface area contributed by atoms with Gasteiger partial charge in [0, 0.05) is 17.3 Å². The molecule has 0 aliphatic heterocycles. The summed E-state index contributed by atoms with van der Waals surface area (Å²) < 4.78 is 0. The Bertz CT molecular complexity index is 747. The maximum absolute atomic E-state index is 12.3. The van der Waals surface area contributed by atoms with Crippen LogP contribution in [0.25, 0.3) is 0 Å². The van der Waals surface area contributed by atoms with E-state index in [0.717, 1.165) is 5.56 Å². The quantitative estimate of drug-likeness (QED) is 0.512. The van der Waals surface area contributed by atoms with E-state index in [0.29, 0.717) is 11.3 Å². The number of nitrogens with one attached hydrogen (secondary N) is 1. The Kier molecular flexibility index (Phi) is 4.36. The van der Waals surface area contributed by atoms with Gasteiger partial charge in [-0.15, -0.1) is 0 Å². The third-order valence-corrected chi connectivity index (χ3v) is 3.48. The lowest BCUT2D eigenvalue weighted by atomic mass is 9.87. The second kappa shape index (κ2) is 6.08. The van der Waals surface area contributed by atoms with Gasteiger partial charge in [0.1, 0.15) is 5.69 Å². The molecule has 0 saturated carbocycles. The second-order valence-electron chi connectivity index (χ2n) is 6.32. The highest BCUT2D eigenvalue weighted by molar-refractivity contribution is 6.05. The number of nitro benzene ring substituents is 1. The molecule has 1 amide bonds. The average molecular weight is 313 g/mol. The molecule has 0 bridgehead atoms. The molecule has 120 valence electrons. The number of anilines is 2. The van der Waals surface area contributed by atoms with Crippen molar-refractivity contribution in [2.24, 2.45) is 0 Å². The minimum atomic E-state index is -0.558. The van der Waals surface area contributed by atoms with E-state index in [9.17, 15) is 14.9 Å². The van der Waals surface area contributed by atoms with Gasteiger partial charge in [0.05, 0.1) is 4.92 Å². The smallest absolute Gasteiger partial charge is 0.292 e. The third-order valence-electron chi connectivity index (χ3n) is 3.48. The molecule has 0 saturated heterocycles. The van der Waals surface area contributed by atoms with Gasteiger partial charge in [0.15, 0.2) is 0 Å². The van der Waals surface area contributed by atoms with Crippen molar-refractivity contribution in [1.82, 2.24) is 0 Å². The van der Waals surface area contributed by atoms with E-state index in [2.05, 4.69) is 26.1 Å². The van der Waals surface area contributed by atoms with Gasteiger partial charge in [-0.2, -0.15) is 0 Å². The molecule has 2 rings (SSSR count). The lowest BCUT2D eigenvalue weighted by molar-refractivity contribution is -0.383. The highest BCUT2D eigenvalue weighted by atomic mass is 16.6. The van der Waals surface area contributed by atoms with Crippen LogP contribution >= 0.6 is 0 Å². The van der Waals surface area contributed by atoms with Gasteiger partial charge in [-0.3, -0.25) is 14.9 Å². The van der Waals surface area contributed by atoms with Crippen LogP contribution in [0.5, 0.6) is 0 Å². The lowest BCUT2D eigenvalue weighted by Crippen LogP contribution is -2.15. The van der Waals surface area contributed by atoms with Crippen molar-refractivity contribution < 1.29 is 9.72 Å². The van der Waals surface area contributed by atoms with Crippen molar-refractivity contribution in [3.63, 3.8) is 0 Å². The van der Waals surface area contributed by atoms with Gasteiger partial charge >= 0.3 is 0 Å². The first-order chi connectivity index (χ1) is 10.7. The van der Waals surface area contributed by atoms with Crippen molar-refractivity contribution in [3.8, 4) is 0 Å². The number of nitro groups is 1. The van der Waals surface area contributed by atoms with E-state index < -0.39 is 10.8 Å². The average Bonchev–Trinajstić information content (AvgIpc) is 2.46. The first-order valence-electron chi connectivity index (χ1n) is 7.14. The van der Waals surface area contributed by atoms with Crippen LogP contribution in [0, 0.1) is 10.1 Å². The highest BCUT2D eigenvalue weighted by Gasteiger charge is 2.18. The molecule has 2 aromatic rings. The van der Waals surface area contributed by atoms with E-state index in [1.165, 1.54) is 18.2 Å². The summed E-state index contributed by atoms with van der Waals surface area (Å²) in [6.45, 7) is 6.24. The first kappa shape index (κ1) is 16.5. The zero-order chi connectivity index (χ0) is 17.2. The van der Waals surface area contributed by atoms with Gasteiger partial charge in [0.2, 0.25) is 0 Å². The molecule has 0 fully saturated rings. The normalized spacial score (nSPS) is 11.1. The second-order valence-corrected chi connectivity index (χ2v) is 6.32. The fraction of sp³-hybridized carbons (Fsp3) is 0.235. The van der Waals surface area contributed by atoms with Crippen molar-refractivity contribution in [2.75, 3.05) is 11.1 Å². The van der Waals surface area contributed by atoms with Crippen LogP contribution in [0.1, 0.15) is 36.7 Å². The number of hydrogen-bond donors (Lipinski definition) is 2. The van der Waals surface area contributed by atoms with E-state index in [1.807, 2.05) is 12.1 Å². The number of amides is 1. The van der Waals surface area contributed by atoms with Gasteiger partial charge in [-0.25, -0.2) is 0 Å². The number of carbonyl (C=O) groups excluding carboxylic acids is 1. The van der Waals surface area contributed by atoms with Crippen LogP contribution in [0.4, 0.5) is 17.1 Å². The predicted octanol–water partition coefficient (Wildman–Crippen LogP) is 3.73. The lowest BCUT2D eigenvalue weighted by Gasteiger charge is -2.19. The fourth-order valence-corrected chi connectivity index (χ4v) is 2.13. The zero-order valence-electron chi connectivity index (χ0n) is 13.3. The molecule has 0 heterocycles. The molecule has 6 heteroatoms. The molecule has 0 aliphatic rings. The van der Waals surface area contributed by atoms with Gasteiger partial charge in [-0.05, 0) is 35.2 Å². The predicted molar refractivity (Wildman–Crippen MR) is 90.6 cm³/mol. The van der Waals surface area contributed by atoms with Crippen LogP contribution < -0.4 is 11.1 Å². The zero-order valence-corrected chi connectivity index (χ0v) is 13.3. The molecule has 0 atom stereocenters. The first-order valence-corrected chi connectivity index (χ1v) is 7.14. The SMILES string of the molecule is CC(C)(C)c1ccc(C(=O)Nc2cc(N)ccc2[N+](=O)[O-])cc1.